The zero-order valence-corrected chi connectivity index (χ0v) is 17.5. The first-order chi connectivity index (χ1) is 12.2. The van der Waals surface area contributed by atoms with E-state index in [4.69, 9.17) is 21.4 Å². The maximum Gasteiger partial charge on any atom is 0.299 e. The first-order valence-corrected chi connectivity index (χ1v) is 9.55. The number of anilines is 1. The summed E-state index contributed by atoms with van der Waals surface area (Å²) in [6.07, 6.45) is 0.907. The molecular formula is C20H31N3O2S. The smallest absolute Gasteiger partial charge is 0.299 e. The van der Waals surface area contributed by atoms with Gasteiger partial charge in [0, 0.05) is 19.2 Å². The Labute approximate surface area is 162 Å². The van der Waals surface area contributed by atoms with E-state index < -0.39 is 0 Å². The molecule has 1 aromatic carbocycles. The molecule has 1 N–H and O–H groups in total. The van der Waals surface area contributed by atoms with Gasteiger partial charge in [0.2, 0.25) is 0 Å². The summed E-state index contributed by atoms with van der Waals surface area (Å²) in [6, 6.07) is 8.39. The van der Waals surface area contributed by atoms with E-state index in [9.17, 15) is 0 Å². The van der Waals surface area contributed by atoms with Gasteiger partial charge in [-0.1, -0.05) is 38.2 Å². The molecule has 1 heterocycles. The third-order valence-electron chi connectivity index (χ3n) is 3.94. The first kappa shape index (κ1) is 20.6. The molecule has 6 heteroatoms. The molecule has 0 amide bonds. The van der Waals surface area contributed by atoms with Crippen LogP contribution in [0.4, 0.5) is 6.01 Å². The van der Waals surface area contributed by atoms with Crippen molar-refractivity contribution < 1.29 is 9.15 Å². The predicted octanol–water partition coefficient (Wildman–Crippen LogP) is 4.41. The van der Waals surface area contributed by atoms with Crippen LogP contribution in [0.15, 0.2) is 28.7 Å². The fourth-order valence-electron chi connectivity index (χ4n) is 2.83. The van der Waals surface area contributed by atoms with E-state index in [1.54, 1.807) is 7.11 Å². The summed E-state index contributed by atoms with van der Waals surface area (Å²) >= 11 is 5.79. The highest BCUT2D eigenvalue weighted by molar-refractivity contribution is 7.80. The number of ether oxygens (including phenoxy) is 1. The molecule has 0 spiro atoms. The fourth-order valence-corrected chi connectivity index (χ4v) is 3.36. The number of thiocarbonyl (C=S) groups is 1. The Kier molecular flexibility index (Phi) is 7.01. The largest absolute Gasteiger partial charge is 0.423 e. The van der Waals surface area contributed by atoms with Gasteiger partial charge in [0.1, 0.15) is 5.52 Å². The van der Waals surface area contributed by atoms with Gasteiger partial charge in [0.25, 0.3) is 6.01 Å². The van der Waals surface area contributed by atoms with Crippen LogP contribution in [0, 0.1) is 5.92 Å². The van der Waals surface area contributed by atoms with E-state index in [1.807, 2.05) is 24.3 Å². The number of para-hydroxylation sites is 2. The minimum absolute atomic E-state index is 0.00700. The normalized spacial score (nSPS) is 13.2. The monoisotopic (exact) mass is 377 g/mol. The topological polar surface area (TPSA) is 50.5 Å². The van der Waals surface area contributed by atoms with Crippen molar-refractivity contribution >= 4 is 34.3 Å². The molecule has 0 saturated heterocycles. The molecule has 0 aliphatic rings. The zero-order chi connectivity index (χ0) is 19.3. The van der Waals surface area contributed by atoms with Gasteiger partial charge >= 0.3 is 0 Å². The minimum Gasteiger partial charge on any atom is -0.423 e. The van der Waals surface area contributed by atoms with Crippen LogP contribution >= 0.6 is 12.2 Å². The van der Waals surface area contributed by atoms with Crippen molar-refractivity contribution in [2.45, 2.75) is 52.6 Å². The molecule has 2 aromatic rings. The summed E-state index contributed by atoms with van der Waals surface area (Å²) in [5.74, 6) is 0.481. The molecule has 26 heavy (non-hydrogen) atoms. The third kappa shape index (κ3) is 5.68. The second-order valence-corrected chi connectivity index (χ2v) is 8.47. The Hall–Kier alpha value is -1.66. The summed E-state index contributed by atoms with van der Waals surface area (Å²) in [6.45, 7) is 12.0. The van der Waals surface area contributed by atoms with Crippen molar-refractivity contribution in [2.24, 2.45) is 5.92 Å². The van der Waals surface area contributed by atoms with E-state index >= 15 is 0 Å². The molecule has 0 fully saturated rings. The van der Waals surface area contributed by atoms with Gasteiger partial charge in [-0.2, -0.15) is 4.98 Å². The molecule has 0 saturated carbocycles. The van der Waals surface area contributed by atoms with Crippen LogP contribution in [-0.4, -0.2) is 41.8 Å². The van der Waals surface area contributed by atoms with Crippen LogP contribution in [0.25, 0.3) is 11.1 Å². The van der Waals surface area contributed by atoms with Crippen LogP contribution in [0.5, 0.6) is 0 Å². The lowest BCUT2D eigenvalue weighted by atomic mass is 10.0. The number of hydrogen-bond acceptors (Lipinski definition) is 5. The number of fused-ring (bicyclic) bond motifs is 1. The van der Waals surface area contributed by atoms with Gasteiger partial charge in [-0.05, 0) is 45.2 Å². The van der Waals surface area contributed by atoms with E-state index in [0.717, 1.165) is 22.5 Å². The van der Waals surface area contributed by atoms with E-state index in [0.29, 0.717) is 25.1 Å². The number of hydrogen-bond donors (Lipinski definition) is 1. The third-order valence-corrected chi connectivity index (χ3v) is 4.31. The average Bonchev–Trinajstić information content (AvgIpc) is 2.95. The molecule has 1 atom stereocenters. The van der Waals surface area contributed by atoms with Crippen LogP contribution in [0.3, 0.4) is 0 Å². The lowest BCUT2D eigenvalue weighted by Gasteiger charge is -2.35. The highest BCUT2D eigenvalue weighted by Gasteiger charge is 2.29. The fraction of sp³-hybridized carbons (Fsp3) is 0.600. The summed E-state index contributed by atoms with van der Waals surface area (Å²) < 4.78 is 11.4. The predicted molar refractivity (Wildman–Crippen MR) is 112 cm³/mol. The van der Waals surface area contributed by atoms with Crippen LogP contribution in [0.2, 0.25) is 0 Å². The van der Waals surface area contributed by atoms with Crippen molar-refractivity contribution in [1.82, 2.24) is 10.3 Å². The lowest BCUT2D eigenvalue weighted by Crippen LogP contribution is -2.52. The molecular weight excluding hydrogens is 346 g/mol. The molecule has 1 unspecified atom stereocenters. The van der Waals surface area contributed by atoms with Crippen LogP contribution < -0.4 is 10.2 Å². The number of benzene rings is 1. The van der Waals surface area contributed by atoms with Gasteiger partial charge in [-0.25, -0.2) is 0 Å². The number of nitrogens with one attached hydrogen (secondary N) is 1. The molecule has 5 nitrogen and oxygen atoms in total. The average molecular weight is 378 g/mol. The Morgan fingerprint density at radius 3 is 2.58 bits per heavy atom. The molecule has 0 radical (unpaired) electrons. The maximum absolute atomic E-state index is 6.04. The summed E-state index contributed by atoms with van der Waals surface area (Å²) in [7, 11) is 1.70. The number of aromatic nitrogens is 1. The first-order valence-electron chi connectivity index (χ1n) is 9.14. The summed E-state index contributed by atoms with van der Waals surface area (Å²) in [5.41, 5.74) is 1.53. The standard InChI is InChI=1S/C20H31N3O2S/c1-14(2)13-16(18(26)22-20(3,4)5)23(11-12-24-6)19-21-15-9-7-8-10-17(15)25-19/h7-10,14,16H,11-13H2,1-6H3,(H,22,26). The number of nitrogens with zero attached hydrogens (tertiary/aromatic N) is 2. The molecule has 0 aliphatic carbocycles. The van der Waals surface area contributed by atoms with Crippen molar-refractivity contribution in [2.75, 3.05) is 25.2 Å². The van der Waals surface area contributed by atoms with Gasteiger partial charge in [-0.15, -0.1) is 0 Å². The van der Waals surface area contributed by atoms with Crippen molar-refractivity contribution in [1.29, 1.82) is 0 Å². The van der Waals surface area contributed by atoms with Crippen molar-refractivity contribution in [3.8, 4) is 0 Å². The maximum atomic E-state index is 6.04. The minimum atomic E-state index is -0.0967. The SMILES string of the molecule is COCCN(c1nc2ccccc2o1)C(CC(C)C)C(=S)NC(C)(C)C. The quantitative estimate of drug-likeness (QED) is 0.688. The van der Waals surface area contributed by atoms with Crippen molar-refractivity contribution in [3.63, 3.8) is 0 Å². The van der Waals surface area contributed by atoms with E-state index in [2.05, 4.69) is 49.8 Å². The second-order valence-electron chi connectivity index (χ2n) is 8.03. The number of rotatable bonds is 8. The molecule has 2 rings (SSSR count). The second kappa shape index (κ2) is 8.82. The van der Waals surface area contributed by atoms with Gasteiger partial charge in [0.15, 0.2) is 5.58 Å². The summed E-state index contributed by atoms with van der Waals surface area (Å²) in [4.78, 5) is 7.63. The van der Waals surface area contributed by atoms with E-state index in [-0.39, 0.29) is 11.6 Å². The van der Waals surface area contributed by atoms with E-state index in [1.165, 1.54) is 0 Å². The highest BCUT2D eigenvalue weighted by atomic mass is 32.1. The summed E-state index contributed by atoms with van der Waals surface area (Å²) in [5, 5.41) is 3.46. The molecule has 0 aliphatic heterocycles. The van der Waals surface area contributed by atoms with Gasteiger partial charge < -0.3 is 19.4 Å². The molecule has 144 valence electrons. The molecule has 1 aromatic heterocycles. The molecule has 0 bridgehead atoms. The number of methoxy groups -OCH3 is 1. The Morgan fingerprint density at radius 1 is 1.31 bits per heavy atom. The Bertz CT molecular complexity index is 688. The van der Waals surface area contributed by atoms with Gasteiger partial charge in [-0.3, -0.25) is 0 Å². The van der Waals surface area contributed by atoms with Crippen LogP contribution in [-0.2, 0) is 4.74 Å². The lowest BCUT2D eigenvalue weighted by molar-refractivity contribution is 0.202. The Balaban J connectivity index is 2.39. The van der Waals surface area contributed by atoms with Crippen molar-refractivity contribution in [3.05, 3.63) is 24.3 Å². The Morgan fingerprint density at radius 2 is 2.00 bits per heavy atom. The zero-order valence-electron chi connectivity index (χ0n) is 16.7. The number of oxazole rings is 1. The van der Waals surface area contributed by atoms with Gasteiger partial charge in [0.05, 0.1) is 17.6 Å². The highest BCUT2D eigenvalue weighted by Crippen LogP contribution is 2.26. The van der Waals surface area contributed by atoms with Crippen LogP contribution in [0.1, 0.15) is 41.0 Å².